The van der Waals surface area contributed by atoms with Crippen LogP contribution in [-0.4, -0.2) is 40.6 Å². The van der Waals surface area contributed by atoms with Crippen LogP contribution >= 0.6 is 0 Å². The van der Waals surface area contributed by atoms with E-state index in [1.807, 2.05) is 0 Å². The summed E-state index contributed by atoms with van der Waals surface area (Å²) in [5, 5.41) is 2.56. The predicted octanol–water partition coefficient (Wildman–Crippen LogP) is -0.103. The normalized spacial score (nSPS) is 12.9. The maximum Gasteiger partial charge on any atom is 0.240 e. The average molecular weight is 301 g/mol. The van der Waals surface area contributed by atoms with Gasteiger partial charge in [0.15, 0.2) is 0 Å². The molecule has 0 heterocycles. The number of benzene rings is 1. The summed E-state index contributed by atoms with van der Waals surface area (Å²) in [5.41, 5.74) is 6.00. The number of rotatable bonds is 7. The number of methoxy groups -OCH3 is 1. The van der Waals surface area contributed by atoms with Crippen LogP contribution in [0.15, 0.2) is 29.2 Å². The molecule has 0 fully saturated rings. The van der Waals surface area contributed by atoms with Crippen molar-refractivity contribution >= 4 is 21.6 Å². The molecular formula is C12H19N3O4S. The second-order valence-corrected chi connectivity index (χ2v) is 5.93. The zero-order valence-corrected chi connectivity index (χ0v) is 12.2. The van der Waals surface area contributed by atoms with E-state index in [-0.39, 0.29) is 24.0 Å². The van der Waals surface area contributed by atoms with Gasteiger partial charge in [-0.2, -0.15) is 0 Å². The van der Waals surface area contributed by atoms with Crippen molar-refractivity contribution in [2.24, 2.45) is 5.73 Å². The minimum absolute atomic E-state index is 0.0983. The molecule has 0 bridgehead atoms. The fourth-order valence-electron chi connectivity index (χ4n) is 1.56. The third-order valence-corrected chi connectivity index (χ3v) is 4.00. The van der Waals surface area contributed by atoms with Gasteiger partial charge < -0.3 is 15.8 Å². The highest BCUT2D eigenvalue weighted by Gasteiger charge is 2.19. The summed E-state index contributed by atoms with van der Waals surface area (Å²) in [6.07, 6.45) is 0. The van der Waals surface area contributed by atoms with Crippen LogP contribution in [0.25, 0.3) is 0 Å². The smallest absolute Gasteiger partial charge is 0.240 e. The van der Waals surface area contributed by atoms with Crippen LogP contribution in [0, 0.1) is 0 Å². The molecule has 0 aliphatic carbocycles. The van der Waals surface area contributed by atoms with Crippen molar-refractivity contribution in [1.82, 2.24) is 4.72 Å². The Morgan fingerprint density at radius 2 is 1.95 bits per heavy atom. The minimum atomic E-state index is -3.66. The lowest BCUT2D eigenvalue weighted by Gasteiger charge is -2.16. The number of amides is 1. The predicted molar refractivity (Wildman–Crippen MR) is 75.8 cm³/mol. The number of hydrogen-bond donors (Lipinski definition) is 3. The Balaban J connectivity index is 2.84. The molecule has 4 N–H and O–H groups in total. The van der Waals surface area contributed by atoms with Gasteiger partial charge in [-0.3, -0.25) is 4.79 Å². The number of ether oxygens (including phenoxy) is 1. The van der Waals surface area contributed by atoms with Gasteiger partial charge >= 0.3 is 0 Å². The third-order valence-electron chi connectivity index (χ3n) is 2.46. The van der Waals surface area contributed by atoms with Crippen molar-refractivity contribution in [3.8, 4) is 0 Å². The SMILES string of the molecule is COCC(CN)NS(=O)(=O)c1ccc(NC(C)=O)cc1. The van der Waals surface area contributed by atoms with E-state index in [1.165, 1.54) is 38.3 Å². The topological polar surface area (TPSA) is 111 Å². The second kappa shape index (κ2) is 7.34. The Kier molecular flexibility index (Phi) is 6.08. The molecule has 1 unspecified atom stereocenters. The standard InChI is InChI=1S/C12H19N3O4S/c1-9(16)14-10-3-5-12(6-4-10)20(17,18)15-11(7-13)8-19-2/h3-6,11,15H,7-8,13H2,1-2H3,(H,14,16). The molecular weight excluding hydrogens is 282 g/mol. The molecule has 20 heavy (non-hydrogen) atoms. The van der Waals surface area contributed by atoms with E-state index < -0.39 is 16.1 Å². The van der Waals surface area contributed by atoms with Crippen LogP contribution in [0.4, 0.5) is 5.69 Å². The number of carbonyl (C=O) groups is 1. The van der Waals surface area contributed by atoms with Crippen LogP contribution in [0.3, 0.4) is 0 Å². The third kappa shape index (κ3) is 4.89. The first-order valence-corrected chi connectivity index (χ1v) is 7.46. The molecule has 1 aromatic rings. The molecule has 1 aromatic carbocycles. The summed E-state index contributed by atoms with van der Waals surface area (Å²) < 4.78 is 31.5. The van der Waals surface area contributed by atoms with Crippen molar-refractivity contribution < 1.29 is 17.9 Å². The van der Waals surface area contributed by atoms with Crippen LogP contribution in [0.2, 0.25) is 0 Å². The monoisotopic (exact) mass is 301 g/mol. The Morgan fingerprint density at radius 1 is 1.35 bits per heavy atom. The summed E-state index contributed by atoms with van der Waals surface area (Å²) in [7, 11) is -2.19. The first kappa shape index (κ1) is 16.6. The molecule has 0 saturated heterocycles. The van der Waals surface area contributed by atoms with Crippen molar-refractivity contribution in [2.45, 2.75) is 17.9 Å². The van der Waals surface area contributed by atoms with E-state index in [0.29, 0.717) is 5.69 Å². The molecule has 0 aliphatic rings. The van der Waals surface area contributed by atoms with Crippen molar-refractivity contribution in [3.63, 3.8) is 0 Å². The van der Waals surface area contributed by atoms with Gasteiger partial charge in [0.2, 0.25) is 15.9 Å². The van der Waals surface area contributed by atoms with Gasteiger partial charge in [0.1, 0.15) is 0 Å². The fourth-order valence-corrected chi connectivity index (χ4v) is 2.79. The average Bonchev–Trinajstić information content (AvgIpc) is 2.38. The molecule has 0 radical (unpaired) electrons. The van der Waals surface area contributed by atoms with E-state index in [9.17, 15) is 13.2 Å². The number of carbonyl (C=O) groups excluding carboxylic acids is 1. The molecule has 0 aliphatic heterocycles. The van der Waals surface area contributed by atoms with Crippen molar-refractivity contribution in [1.29, 1.82) is 0 Å². The summed E-state index contributed by atoms with van der Waals surface area (Å²) in [6.45, 7) is 1.71. The zero-order valence-electron chi connectivity index (χ0n) is 11.4. The molecule has 8 heteroatoms. The maximum atomic E-state index is 12.1. The first-order valence-electron chi connectivity index (χ1n) is 5.98. The summed E-state index contributed by atoms with van der Waals surface area (Å²) >= 11 is 0. The van der Waals surface area contributed by atoms with Gasteiger partial charge in [-0.05, 0) is 24.3 Å². The molecule has 1 amide bonds. The van der Waals surface area contributed by atoms with Gasteiger partial charge in [0.05, 0.1) is 17.5 Å². The van der Waals surface area contributed by atoms with E-state index >= 15 is 0 Å². The fraction of sp³-hybridized carbons (Fsp3) is 0.417. The number of hydrogen-bond acceptors (Lipinski definition) is 5. The number of nitrogens with two attached hydrogens (primary N) is 1. The quantitative estimate of drug-likeness (QED) is 0.651. The van der Waals surface area contributed by atoms with Crippen molar-refractivity contribution in [3.05, 3.63) is 24.3 Å². The van der Waals surface area contributed by atoms with E-state index in [2.05, 4.69) is 10.0 Å². The maximum absolute atomic E-state index is 12.1. The van der Waals surface area contributed by atoms with E-state index in [4.69, 9.17) is 10.5 Å². The largest absolute Gasteiger partial charge is 0.383 e. The molecule has 1 atom stereocenters. The van der Waals surface area contributed by atoms with Crippen molar-refractivity contribution in [2.75, 3.05) is 25.6 Å². The van der Waals surface area contributed by atoms with Gasteiger partial charge in [-0.1, -0.05) is 0 Å². The Bertz CT molecular complexity index is 542. The van der Waals surface area contributed by atoms with E-state index in [0.717, 1.165) is 0 Å². The number of sulfonamides is 1. The van der Waals surface area contributed by atoms with Crippen LogP contribution in [0.5, 0.6) is 0 Å². The molecule has 0 aromatic heterocycles. The molecule has 1 rings (SSSR count). The second-order valence-electron chi connectivity index (χ2n) is 4.21. The van der Waals surface area contributed by atoms with Crippen LogP contribution < -0.4 is 15.8 Å². The lowest BCUT2D eigenvalue weighted by Crippen LogP contribution is -2.43. The number of anilines is 1. The highest BCUT2D eigenvalue weighted by Crippen LogP contribution is 2.14. The van der Waals surface area contributed by atoms with E-state index in [1.54, 1.807) is 0 Å². The van der Waals surface area contributed by atoms with Gasteiger partial charge in [-0.15, -0.1) is 0 Å². The first-order chi connectivity index (χ1) is 9.39. The summed E-state index contributed by atoms with van der Waals surface area (Å²) in [4.78, 5) is 11.0. The Morgan fingerprint density at radius 3 is 2.40 bits per heavy atom. The van der Waals surface area contributed by atoms with Gasteiger partial charge in [0.25, 0.3) is 0 Å². The van der Waals surface area contributed by atoms with Gasteiger partial charge in [-0.25, -0.2) is 13.1 Å². The highest BCUT2D eigenvalue weighted by molar-refractivity contribution is 7.89. The Labute approximate surface area is 118 Å². The van der Waals surface area contributed by atoms with Gasteiger partial charge in [0, 0.05) is 26.3 Å². The molecule has 7 nitrogen and oxygen atoms in total. The highest BCUT2D eigenvalue weighted by atomic mass is 32.2. The molecule has 0 saturated carbocycles. The molecule has 112 valence electrons. The van der Waals surface area contributed by atoms with Crippen LogP contribution in [-0.2, 0) is 19.6 Å². The number of nitrogens with one attached hydrogen (secondary N) is 2. The van der Waals surface area contributed by atoms with Crippen LogP contribution in [0.1, 0.15) is 6.92 Å². The lowest BCUT2D eigenvalue weighted by atomic mass is 10.3. The Hall–Kier alpha value is -1.48. The lowest BCUT2D eigenvalue weighted by molar-refractivity contribution is -0.114. The zero-order chi connectivity index (χ0) is 15.2. The summed E-state index contributed by atoms with van der Waals surface area (Å²) in [5.74, 6) is -0.220. The summed E-state index contributed by atoms with van der Waals surface area (Å²) in [6, 6.07) is 5.37. The molecule has 0 spiro atoms. The minimum Gasteiger partial charge on any atom is -0.383 e.